The van der Waals surface area contributed by atoms with Crippen molar-refractivity contribution in [1.82, 2.24) is 0 Å². The van der Waals surface area contributed by atoms with Crippen LogP contribution < -0.4 is 0 Å². The number of epoxide rings is 1. The van der Waals surface area contributed by atoms with Gasteiger partial charge < -0.3 is 29.2 Å². The van der Waals surface area contributed by atoms with Crippen LogP contribution in [-0.4, -0.2) is 63.7 Å². The topological polar surface area (TPSA) is 130 Å². The van der Waals surface area contributed by atoms with Crippen molar-refractivity contribution in [3.8, 4) is 0 Å². The molecule has 0 radical (unpaired) electrons. The van der Waals surface area contributed by atoms with Crippen LogP contribution >= 0.6 is 0 Å². The molecule has 1 aromatic rings. The number of aliphatic hydroxyl groups is 3. The Hall–Kier alpha value is -1.74. The summed E-state index contributed by atoms with van der Waals surface area (Å²) >= 11 is 0. The predicted molar refractivity (Wildman–Crippen MR) is 103 cm³/mol. The van der Waals surface area contributed by atoms with Gasteiger partial charge in [0, 0.05) is 18.3 Å². The van der Waals surface area contributed by atoms with E-state index in [4.69, 9.17) is 13.9 Å². The van der Waals surface area contributed by atoms with E-state index in [2.05, 4.69) is 0 Å². The first-order valence-corrected chi connectivity index (χ1v) is 10.5. The highest BCUT2D eigenvalue weighted by atomic mass is 16.6. The third-order valence-electron chi connectivity index (χ3n) is 8.35. The van der Waals surface area contributed by atoms with E-state index in [1.165, 1.54) is 6.92 Å². The molecule has 8 nitrogen and oxygen atoms in total. The number of esters is 1. The van der Waals surface area contributed by atoms with E-state index in [1.807, 2.05) is 13.0 Å². The molecule has 7 atom stereocenters. The number of hydrogen-bond donors (Lipinski definition) is 3. The second-order valence-electron chi connectivity index (χ2n) is 9.42. The molecule has 1 saturated heterocycles. The first-order chi connectivity index (χ1) is 14.1. The van der Waals surface area contributed by atoms with Crippen molar-refractivity contribution in [1.29, 1.82) is 0 Å². The molecule has 1 spiro atoms. The highest BCUT2D eigenvalue weighted by molar-refractivity contribution is 5.89. The second-order valence-corrected chi connectivity index (χ2v) is 9.42. The molecular weight excluding hydrogens is 392 g/mol. The Morgan fingerprint density at radius 3 is 2.63 bits per heavy atom. The van der Waals surface area contributed by atoms with Crippen molar-refractivity contribution in [3.05, 3.63) is 24.2 Å². The van der Waals surface area contributed by atoms with E-state index < -0.39 is 58.5 Å². The maximum Gasteiger partial charge on any atom is 0.302 e. The van der Waals surface area contributed by atoms with Gasteiger partial charge in [-0.1, -0.05) is 13.8 Å². The fourth-order valence-electron chi connectivity index (χ4n) is 6.18. The summed E-state index contributed by atoms with van der Waals surface area (Å²) in [6.45, 7) is 4.47. The van der Waals surface area contributed by atoms with Crippen LogP contribution in [0.25, 0.3) is 0 Å². The zero-order valence-corrected chi connectivity index (χ0v) is 17.6. The van der Waals surface area contributed by atoms with Gasteiger partial charge in [-0.25, -0.2) is 0 Å². The molecule has 0 amide bonds. The fraction of sp³-hybridized carbons (Fsp3) is 0.727. The van der Waals surface area contributed by atoms with Crippen LogP contribution in [0.15, 0.2) is 23.0 Å². The highest BCUT2D eigenvalue weighted by Crippen LogP contribution is 2.69. The summed E-state index contributed by atoms with van der Waals surface area (Å²) in [5.41, 5.74) is -4.62. The van der Waals surface area contributed by atoms with Gasteiger partial charge in [-0.3, -0.25) is 9.59 Å². The summed E-state index contributed by atoms with van der Waals surface area (Å²) < 4.78 is 16.1. The highest BCUT2D eigenvalue weighted by Gasteiger charge is 2.84. The quantitative estimate of drug-likeness (QED) is 0.473. The average molecular weight is 422 g/mol. The van der Waals surface area contributed by atoms with Crippen molar-refractivity contribution in [3.63, 3.8) is 0 Å². The molecule has 0 bridgehead atoms. The summed E-state index contributed by atoms with van der Waals surface area (Å²) in [5, 5.41) is 34.4. The number of fused-ring (bicyclic) bond motifs is 2. The molecule has 2 saturated carbocycles. The Kier molecular flexibility index (Phi) is 4.93. The number of Topliss-reactive ketones (excluding diaryl/α,β-unsaturated/α-hetero) is 1. The lowest BCUT2D eigenvalue weighted by Gasteiger charge is -2.67. The van der Waals surface area contributed by atoms with Crippen LogP contribution in [0.3, 0.4) is 0 Å². The van der Waals surface area contributed by atoms with Crippen molar-refractivity contribution >= 4 is 11.8 Å². The van der Waals surface area contributed by atoms with E-state index in [0.717, 1.165) is 5.56 Å². The van der Waals surface area contributed by atoms with Crippen molar-refractivity contribution in [2.24, 2.45) is 16.7 Å². The molecular formula is C22H30O8. The standard InChI is InChI=1S/C22H30O8/c1-13-17(25)18(26)20(11-29-14(2)23)21(12-30-21)16(24)5-8-22(20,27)19(13,3)7-4-15-6-9-28-10-15/h6,9-10,13,16,18,24,26-27H,4-5,7-8,11-12H2,1-3H3/t13-,16+,18+,19+,20+,21-,22+/m1/s1. The van der Waals surface area contributed by atoms with Crippen molar-refractivity contribution < 1.29 is 38.8 Å². The smallest absolute Gasteiger partial charge is 0.302 e. The van der Waals surface area contributed by atoms with E-state index >= 15 is 0 Å². The zero-order valence-electron chi connectivity index (χ0n) is 17.6. The number of aliphatic hydroxyl groups excluding tert-OH is 2. The van der Waals surface area contributed by atoms with Gasteiger partial charge >= 0.3 is 5.97 Å². The molecule has 3 aliphatic rings. The number of carbonyl (C=O) groups is 2. The van der Waals surface area contributed by atoms with Gasteiger partial charge in [-0.05, 0) is 37.3 Å². The number of ketones is 1. The van der Waals surface area contributed by atoms with Gasteiger partial charge in [0.25, 0.3) is 0 Å². The number of carbonyl (C=O) groups excluding carboxylic acids is 2. The Morgan fingerprint density at radius 2 is 2.07 bits per heavy atom. The molecule has 1 aromatic heterocycles. The molecule has 2 heterocycles. The molecule has 8 heteroatoms. The molecule has 3 fully saturated rings. The molecule has 0 aromatic carbocycles. The van der Waals surface area contributed by atoms with Crippen LogP contribution in [0.1, 0.15) is 45.6 Å². The van der Waals surface area contributed by atoms with E-state index in [1.54, 1.807) is 19.5 Å². The lowest BCUT2D eigenvalue weighted by molar-refractivity contribution is -0.304. The molecule has 166 valence electrons. The molecule has 3 N–H and O–H groups in total. The summed E-state index contributed by atoms with van der Waals surface area (Å²) in [6, 6.07) is 1.83. The Labute approximate surface area is 175 Å². The van der Waals surface area contributed by atoms with Crippen molar-refractivity contribution in [2.75, 3.05) is 13.2 Å². The SMILES string of the molecule is CC(=O)OC[C@@]12[C@@H](O)C(=O)[C@@H](C)[C@](C)(CCc3ccoc3)[C@@]1(O)CC[C@H](O)[C@]21CO1. The Balaban J connectivity index is 1.84. The molecule has 0 unspecified atom stereocenters. The summed E-state index contributed by atoms with van der Waals surface area (Å²) in [5.74, 6) is -1.69. The van der Waals surface area contributed by atoms with Gasteiger partial charge in [0.15, 0.2) is 5.78 Å². The number of furan rings is 1. The lowest BCUT2D eigenvalue weighted by Crippen LogP contribution is -2.81. The van der Waals surface area contributed by atoms with Crippen molar-refractivity contribution in [2.45, 2.75) is 69.9 Å². The minimum absolute atomic E-state index is 0.0777. The van der Waals surface area contributed by atoms with Gasteiger partial charge in [-0.15, -0.1) is 0 Å². The lowest BCUT2D eigenvalue weighted by atomic mass is 9.39. The molecule has 1 aliphatic heterocycles. The predicted octanol–water partition coefficient (Wildman–Crippen LogP) is 1.00. The van der Waals surface area contributed by atoms with Crippen LogP contribution in [0.5, 0.6) is 0 Å². The molecule has 2 aliphatic carbocycles. The van der Waals surface area contributed by atoms with Gasteiger partial charge in [-0.2, -0.15) is 0 Å². The van der Waals surface area contributed by atoms with Crippen LogP contribution in [0.4, 0.5) is 0 Å². The zero-order chi connectivity index (χ0) is 21.9. The maximum absolute atomic E-state index is 13.3. The monoisotopic (exact) mass is 422 g/mol. The largest absolute Gasteiger partial charge is 0.472 e. The first kappa shape index (κ1) is 21.5. The minimum atomic E-state index is -1.65. The summed E-state index contributed by atoms with van der Waals surface area (Å²) in [6.07, 6.45) is 1.99. The van der Waals surface area contributed by atoms with E-state index in [0.29, 0.717) is 12.8 Å². The molecule has 30 heavy (non-hydrogen) atoms. The first-order valence-electron chi connectivity index (χ1n) is 10.5. The number of ether oxygens (including phenoxy) is 2. The number of rotatable bonds is 5. The minimum Gasteiger partial charge on any atom is -0.472 e. The third-order valence-corrected chi connectivity index (χ3v) is 8.35. The Bertz CT molecular complexity index is 830. The average Bonchev–Trinajstić information content (AvgIpc) is 3.34. The van der Waals surface area contributed by atoms with Gasteiger partial charge in [0.1, 0.15) is 23.7 Å². The summed E-state index contributed by atoms with van der Waals surface area (Å²) in [4.78, 5) is 25.0. The summed E-state index contributed by atoms with van der Waals surface area (Å²) in [7, 11) is 0. The number of hydrogen-bond acceptors (Lipinski definition) is 8. The van der Waals surface area contributed by atoms with E-state index in [-0.39, 0.29) is 19.4 Å². The van der Waals surface area contributed by atoms with Crippen LogP contribution in [-0.2, 0) is 25.5 Å². The van der Waals surface area contributed by atoms with Crippen LogP contribution in [0, 0.1) is 16.7 Å². The van der Waals surface area contributed by atoms with Gasteiger partial charge in [0.2, 0.25) is 0 Å². The second kappa shape index (κ2) is 6.88. The van der Waals surface area contributed by atoms with Crippen LogP contribution in [0.2, 0.25) is 0 Å². The number of aryl methyl sites for hydroxylation is 1. The third kappa shape index (κ3) is 2.54. The normalized spacial score (nSPS) is 45.3. The van der Waals surface area contributed by atoms with E-state index in [9.17, 15) is 24.9 Å². The molecule has 4 rings (SSSR count). The maximum atomic E-state index is 13.3. The fourth-order valence-corrected chi connectivity index (χ4v) is 6.18. The Morgan fingerprint density at radius 1 is 1.37 bits per heavy atom. The van der Waals surface area contributed by atoms with Gasteiger partial charge in [0.05, 0.1) is 30.8 Å².